The Hall–Kier alpha value is -1.70. The predicted octanol–water partition coefficient (Wildman–Crippen LogP) is 0.623. The maximum absolute atomic E-state index is 12.5. The number of nitrogens with one attached hydrogen (secondary N) is 1. The molecule has 1 heterocycles. The summed E-state index contributed by atoms with van der Waals surface area (Å²) in [5.41, 5.74) is 0.311. The molecule has 0 bridgehead atoms. The highest BCUT2D eigenvalue weighted by Gasteiger charge is 2.26. The van der Waals surface area contributed by atoms with Crippen molar-refractivity contribution >= 4 is 15.9 Å². The molecule has 1 aliphatic heterocycles. The molecule has 1 saturated heterocycles. The summed E-state index contributed by atoms with van der Waals surface area (Å²) in [4.78, 5) is 12.0. The van der Waals surface area contributed by atoms with E-state index in [4.69, 9.17) is 4.74 Å². The minimum Gasteiger partial charge on any atom is -0.379 e. The van der Waals surface area contributed by atoms with Gasteiger partial charge >= 0.3 is 0 Å². The number of morpholine rings is 1. The lowest BCUT2D eigenvalue weighted by Gasteiger charge is -2.26. The largest absolute Gasteiger partial charge is 0.379 e. The molecule has 7 heteroatoms. The number of sulfonamides is 1. The molecule has 0 unspecified atom stereocenters. The number of carbonyl (C=O) groups excluding carboxylic acids is 1. The van der Waals surface area contributed by atoms with E-state index in [1.165, 1.54) is 16.4 Å². The van der Waals surface area contributed by atoms with Crippen LogP contribution in [0.3, 0.4) is 0 Å². The van der Waals surface area contributed by atoms with Gasteiger partial charge in [0.2, 0.25) is 10.0 Å². The smallest absolute Gasteiger partial charge is 0.251 e. The van der Waals surface area contributed by atoms with Gasteiger partial charge in [-0.15, -0.1) is 6.58 Å². The highest BCUT2D eigenvalue weighted by molar-refractivity contribution is 7.89. The van der Waals surface area contributed by atoms with Gasteiger partial charge in [0.15, 0.2) is 0 Å². The van der Waals surface area contributed by atoms with Crippen molar-refractivity contribution in [3.05, 3.63) is 42.5 Å². The number of hydrogen-bond acceptors (Lipinski definition) is 4. The summed E-state index contributed by atoms with van der Waals surface area (Å²) in [5.74, 6) is -0.325. The zero-order valence-corrected chi connectivity index (χ0v) is 12.4. The molecule has 0 aliphatic carbocycles. The van der Waals surface area contributed by atoms with Crippen LogP contribution in [0.15, 0.2) is 41.8 Å². The van der Waals surface area contributed by atoms with E-state index in [0.717, 1.165) is 0 Å². The second-order valence-electron chi connectivity index (χ2n) is 4.54. The monoisotopic (exact) mass is 310 g/mol. The van der Waals surface area contributed by atoms with E-state index in [2.05, 4.69) is 11.9 Å². The summed E-state index contributed by atoms with van der Waals surface area (Å²) in [6.07, 6.45) is 1.56. The second kappa shape index (κ2) is 6.84. The normalized spacial score (nSPS) is 16.4. The van der Waals surface area contributed by atoms with E-state index in [1.54, 1.807) is 18.2 Å². The fourth-order valence-electron chi connectivity index (χ4n) is 2.00. The lowest BCUT2D eigenvalue weighted by atomic mass is 10.2. The maximum Gasteiger partial charge on any atom is 0.251 e. The molecule has 0 radical (unpaired) electrons. The third-order valence-corrected chi connectivity index (χ3v) is 5.01. The minimum absolute atomic E-state index is 0.121. The van der Waals surface area contributed by atoms with Gasteiger partial charge in [0, 0.05) is 25.2 Å². The van der Waals surface area contributed by atoms with E-state index in [0.29, 0.717) is 38.4 Å². The van der Waals surface area contributed by atoms with Crippen molar-refractivity contribution < 1.29 is 17.9 Å². The Kier molecular flexibility index (Phi) is 5.11. The maximum atomic E-state index is 12.5. The van der Waals surface area contributed by atoms with Crippen LogP contribution in [0.1, 0.15) is 10.4 Å². The third kappa shape index (κ3) is 3.69. The Morgan fingerprint density at radius 1 is 1.38 bits per heavy atom. The fraction of sp³-hybridized carbons (Fsp3) is 0.357. The van der Waals surface area contributed by atoms with Crippen LogP contribution in [0.4, 0.5) is 0 Å². The van der Waals surface area contributed by atoms with Crippen LogP contribution in [0.5, 0.6) is 0 Å². The van der Waals surface area contributed by atoms with E-state index < -0.39 is 10.0 Å². The Balaban J connectivity index is 2.23. The zero-order valence-electron chi connectivity index (χ0n) is 11.6. The molecule has 0 spiro atoms. The van der Waals surface area contributed by atoms with Crippen LogP contribution in [-0.2, 0) is 14.8 Å². The van der Waals surface area contributed by atoms with Gasteiger partial charge in [-0.1, -0.05) is 12.1 Å². The molecular weight excluding hydrogens is 292 g/mol. The molecule has 21 heavy (non-hydrogen) atoms. The summed E-state index contributed by atoms with van der Waals surface area (Å²) in [6, 6.07) is 6.03. The highest BCUT2D eigenvalue weighted by Crippen LogP contribution is 2.18. The molecule has 1 fully saturated rings. The van der Waals surface area contributed by atoms with Crippen LogP contribution in [0.2, 0.25) is 0 Å². The minimum atomic E-state index is -3.59. The standard InChI is InChI=1S/C14H18N2O4S/c1-2-6-15-14(17)12-4-3-5-13(11-12)21(18,19)16-7-9-20-10-8-16/h2-5,11H,1,6-10H2,(H,15,17). The van der Waals surface area contributed by atoms with Gasteiger partial charge in [-0.25, -0.2) is 8.42 Å². The van der Waals surface area contributed by atoms with E-state index >= 15 is 0 Å². The van der Waals surface area contributed by atoms with Gasteiger partial charge in [0.25, 0.3) is 5.91 Å². The number of rotatable bonds is 5. The van der Waals surface area contributed by atoms with Crippen LogP contribution < -0.4 is 5.32 Å². The first kappa shape index (κ1) is 15.7. The van der Waals surface area contributed by atoms with Crippen LogP contribution in [0, 0.1) is 0 Å². The van der Waals surface area contributed by atoms with E-state index in [9.17, 15) is 13.2 Å². The van der Waals surface area contributed by atoms with Gasteiger partial charge in [-0.3, -0.25) is 4.79 Å². The van der Waals surface area contributed by atoms with Gasteiger partial charge in [0.1, 0.15) is 0 Å². The van der Waals surface area contributed by atoms with Crippen molar-refractivity contribution in [1.82, 2.24) is 9.62 Å². The second-order valence-corrected chi connectivity index (χ2v) is 6.48. The SMILES string of the molecule is C=CCNC(=O)c1cccc(S(=O)(=O)N2CCOCC2)c1. The number of amides is 1. The van der Waals surface area contributed by atoms with Crippen molar-refractivity contribution in [2.45, 2.75) is 4.90 Å². The van der Waals surface area contributed by atoms with Gasteiger partial charge < -0.3 is 10.1 Å². The molecule has 1 aromatic rings. The van der Waals surface area contributed by atoms with Crippen LogP contribution in [-0.4, -0.2) is 51.5 Å². The first-order valence-electron chi connectivity index (χ1n) is 6.63. The number of carbonyl (C=O) groups is 1. The molecule has 1 amide bonds. The number of ether oxygens (including phenoxy) is 1. The number of benzene rings is 1. The van der Waals surface area contributed by atoms with Crippen LogP contribution >= 0.6 is 0 Å². The lowest BCUT2D eigenvalue weighted by Crippen LogP contribution is -2.40. The van der Waals surface area contributed by atoms with Gasteiger partial charge in [-0.2, -0.15) is 4.31 Å². The molecule has 1 aromatic carbocycles. The topological polar surface area (TPSA) is 75.7 Å². The predicted molar refractivity (Wildman–Crippen MR) is 78.6 cm³/mol. The lowest BCUT2D eigenvalue weighted by molar-refractivity contribution is 0.0730. The number of hydrogen-bond donors (Lipinski definition) is 1. The van der Waals surface area contributed by atoms with Crippen molar-refractivity contribution in [2.75, 3.05) is 32.8 Å². The molecule has 1 N–H and O–H groups in total. The van der Waals surface area contributed by atoms with Gasteiger partial charge in [-0.05, 0) is 18.2 Å². The highest BCUT2D eigenvalue weighted by atomic mass is 32.2. The molecule has 0 atom stereocenters. The Morgan fingerprint density at radius 2 is 2.10 bits per heavy atom. The van der Waals surface area contributed by atoms with Crippen molar-refractivity contribution in [1.29, 1.82) is 0 Å². The van der Waals surface area contributed by atoms with E-state index in [1.807, 2.05) is 0 Å². The molecule has 1 aliphatic rings. The summed E-state index contributed by atoms with van der Waals surface area (Å²) in [7, 11) is -3.59. The Bertz CT molecular complexity index is 622. The Morgan fingerprint density at radius 3 is 2.76 bits per heavy atom. The van der Waals surface area contributed by atoms with E-state index in [-0.39, 0.29) is 10.8 Å². The molecule has 0 saturated carbocycles. The summed E-state index contributed by atoms with van der Waals surface area (Å²) < 4.78 is 31.5. The average molecular weight is 310 g/mol. The Labute approximate surface area is 124 Å². The molecule has 2 rings (SSSR count). The van der Waals surface area contributed by atoms with Crippen molar-refractivity contribution in [2.24, 2.45) is 0 Å². The third-order valence-electron chi connectivity index (χ3n) is 3.11. The molecule has 0 aromatic heterocycles. The van der Waals surface area contributed by atoms with Crippen molar-refractivity contribution in [3.8, 4) is 0 Å². The summed E-state index contributed by atoms with van der Waals surface area (Å²) in [6.45, 7) is 5.28. The first-order valence-corrected chi connectivity index (χ1v) is 8.07. The number of nitrogens with zero attached hydrogens (tertiary/aromatic N) is 1. The van der Waals surface area contributed by atoms with Gasteiger partial charge in [0.05, 0.1) is 18.1 Å². The molecule has 6 nitrogen and oxygen atoms in total. The van der Waals surface area contributed by atoms with Crippen molar-refractivity contribution in [3.63, 3.8) is 0 Å². The zero-order chi connectivity index (χ0) is 15.3. The molecular formula is C14H18N2O4S. The summed E-state index contributed by atoms with van der Waals surface area (Å²) in [5, 5.41) is 2.62. The van der Waals surface area contributed by atoms with Crippen LogP contribution in [0.25, 0.3) is 0 Å². The quantitative estimate of drug-likeness (QED) is 0.809. The first-order chi connectivity index (χ1) is 10.1. The summed E-state index contributed by atoms with van der Waals surface area (Å²) >= 11 is 0. The average Bonchev–Trinajstić information content (AvgIpc) is 2.53. The fourth-order valence-corrected chi connectivity index (χ4v) is 3.46. The molecule has 114 valence electrons.